The van der Waals surface area contributed by atoms with Crippen LogP contribution in [-0.4, -0.2) is 22.1 Å². The fourth-order valence-electron chi connectivity index (χ4n) is 4.14. The molecule has 0 radical (unpaired) electrons. The molecule has 0 fully saturated rings. The molecule has 2 aromatic heterocycles. The second-order valence-corrected chi connectivity index (χ2v) is 9.08. The number of hydrazone groups is 1. The predicted octanol–water partition coefficient (Wildman–Crippen LogP) is 5.63. The average molecular weight is 447 g/mol. The van der Waals surface area contributed by atoms with Crippen LogP contribution in [0.15, 0.2) is 71.3 Å². The normalized spacial score (nSPS) is 17.2. The summed E-state index contributed by atoms with van der Waals surface area (Å²) in [7, 11) is 0. The van der Waals surface area contributed by atoms with Crippen molar-refractivity contribution in [2.24, 2.45) is 5.10 Å². The van der Waals surface area contributed by atoms with Gasteiger partial charge in [-0.15, -0.1) is 11.3 Å². The van der Waals surface area contributed by atoms with Crippen molar-refractivity contribution in [3.63, 3.8) is 0 Å². The van der Waals surface area contributed by atoms with Crippen LogP contribution in [0.2, 0.25) is 5.02 Å². The van der Waals surface area contributed by atoms with Gasteiger partial charge in [0.15, 0.2) is 0 Å². The summed E-state index contributed by atoms with van der Waals surface area (Å²) < 4.78 is 7.57. The lowest BCUT2D eigenvalue weighted by atomic mass is 9.97. The van der Waals surface area contributed by atoms with Crippen LogP contribution < -0.4 is 10.2 Å². The van der Waals surface area contributed by atoms with Crippen LogP contribution in [0.3, 0.4) is 0 Å². The van der Waals surface area contributed by atoms with E-state index < -0.39 is 0 Å². The lowest BCUT2D eigenvalue weighted by Gasteiger charge is -2.09. The summed E-state index contributed by atoms with van der Waals surface area (Å²) in [5.41, 5.74) is 9.94. The number of halogens is 1. The molecule has 7 heteroatoms. The maximum Gasteiger partial charge on any atom is 0.122 e. The Labute approximate surface area is 188 Å². The third-order valence-corrected chi connectivity index (χ3v) is 6.87. The minimum atomic E-state index is 0.0673. The zero-order valence-corrected chi connectivity index (χ0v) is 18.2. The summed E-state index contributed by atoms with van der Waals surface area (Å²) in [6, 6.07) is 18.3. The average Bonchev–Trinajstić information content (AvgIpc) is 3.59. The molecule has 4 aromatic rings. The van der Waals surface area contributed by atoms with Crippen LogP contribution in [0.4, 0.5) is 0 Å². The molecule has 2 aliphatic heterocycles. The van der Waals surface area contributed by atoms with Gasteiger partial charge in [0.2, 0.25) is 0 Å². The first-order valence-corrected chi connectivity index (χ1v) is 11.5. The Balaban J connectivity index is 1.33. The molecule has 154 valence electrons. The first-order chi connectivity index (χ1) is 15.2. The molecule has 5 nitrogen and oxygen atoms in total. The number of nitrogens with one attached hydrogen (secondary N) is 1. The second kappa shape index (κ2) is 7.55. The highest BCUT2D eigenvalue weighted by molar-refractivity contribution is 7.13. The number of thiophene rings is 1. The smallest absolute Gasteiger partial charge is 0.122 e. The minimum absolute atomic E-state index is 0.0673. The Hall–Kier alpha value is -3.09. The van der Waals surface area contributed by atoms with Crippen molar-refractivity contribution < 1.29 is 4.74 Å². The largest absolute Gasteiger partial charge is 0.493 e. The number of fused-ring (bicyclic) bond motifs is 1. The third kappa shape index (κ3) is 3.42. The Morgan fingerprint density at radius 3 is 2.87 bits per heavy atom. The molecule has 0 spiro atoms. The van der Waals surface area contributed by atoms with E-state index in [1.54, 1.807) is 11.3 Å². The molecule has 31 heavy (non-hydrogen) atoms. The summed E-state index contributed by atoms with van der Waals surface area (Å²) in [4.78, 5) is 1.15. The lowest BCUT2D eigenvalue weighted by molar-refractivity contribution is 0.357. The maximum absolute atomic E-state index is 6.07. The maximum atomic E-state index is 6.07. The molecule has 4 heterocycles. The van der Waals surface area contributed by atoms with Crippen LogP contribution in [0.25, 0.3) is 16.3 Å². The molecule has 1 N–H and O–H groups in total. The Bertz CT molecular complexity index is 1280. The monoisotopic (exact) mass is 446 g/mol. The number of hydrogen-bond donors (Lipinski definition) is 1. The van der Waals surface area contributed by atoms with E-state index in [1.165, 1.54) is 5.56 Å². The number of aromatic nitrogens is 2. The summed E-state index contributed by atoms with van der Waals surface area (Å²) in [6.07, 6.45) is 3.87. The standard InChI is InChI=1S/C24H19ClN4OS/c25-17-4-6-18(7-5-17)29-14-19(24(28-29)23-2-1-11-31-23)21-13-20(26-27-21)15-3-8-22-16(12-15)9-10-30-22/h1-8,11-12,14,21,27H,9-10,13H2. The molecule has 0 saturated carbocycles. The highest BCUT2D eigenvalue weighted by Crippen LogP contribution is 2.36. The topological polar surface area (TPSA) is 51.4 Å². The van der Waals surface area contributed by atoms with E-state index in [9.17, 15) is 0 Å². The van der Waals surface area contributed by atoms with Crippen LogP contribution in [0, 0.1) is 0 Å². The first kappa shape index (κ1) is 18.7. The summed E-state index contributed by atoms with van der Waals surface area (Å²) in [6.45, 7) is 0.764. The van der Waals surface area contributed by atoms with Gasteiger partial charge in [-0.1, -0.05) is 17.7 Å². The predicted molar refractivity (Wildman–Crippen MR) is 125 cm³/mol. The highest BCUT2D eigenvalue weighted by Gasteiger charge is 2.27. The number of benzene rings is 2. The Morgan fingerprint density at radius 1 is 1.13 bits per heavy atom. The molecule has 2 aromatic carbocycles. The molecule has 0 amide bonds. The van der Waals surface area contributed by atoms with Gasteiger partial charge in [0.05, 0.1) is 28.9 Å². The van der Waals surface area contributed by atoms with Gasteiger partial charge in [-0.3, -0.25) is 0 Å². The van der Waals surface area contributed by atoms with Crippen LogP contribution in [-0.2, 0) is 6.42 Å². The fourth-order valence-corrected chi connectivity index (χ4v) is 5.00. The molecule has 1 atom stereocenters. The van der Waals surface area contributed by atoms with Gasteiger partial charge < -0.3 is 10.2 Å². The number of hydrogen-bond acceptors (Lipinski definition) is 5. The van der Waals surface area contributed by atoms with Gasteiger partial charge in [-0.25, -0.2) is 4.68 Å². The lowest BCUT2D eigenvalue weighted by Crippen LogP contribution is -2.10. The van der Waals surface area contributed by atoms with E-state index in [-0.39, 0.29) is 6.04 Å². The molecule has 2 aliphatic rings. The van der Waals surface area contributed by atoms with E-state index in [0.29, 0.717) is 5.02 Å². The van der Waals surface area contributed by atoms with E-state index in [0.717, 1.165) is 58.3 Å². The van der Waals surface area contributed by atoms with Crippen molar-refractivity contribution in [2.45, 2.75) is 18.9 Å². The second-order valence-electron chi connectivity index (χ2n) is 7.70. The van der Waals surface area contributed by atoms with Crippen molar-refractivity contribution in [1.29, 1.82) is 0 Å². The van der Waals surface area contributed by atoms with Gasteiger partial charge in [0.1, 0.15) is 11.4 Å². The van der Waals surface area contributed by atoms with Crippen LogP contribution in [0.5, 0.6) is 5.75 Å². The minimum Gasteiger partial charge on any atom is -0.493 e. The third-order valence-electron chi connectivity index (χ3n) is 5.74. The molecule has 1 unspecified atom stereocenters. The van der Waals surface area contributed by atoms with Gasteiger partial charge >= 0.3 is 0 Å². The van der Waals surface area contributed by atoms with Crippen molar-refractivity contribution in [2.75, 3.05) is 6.61 Å². The summed E-state index contributed by atoms with van der Waals surface area (Å²) in [5.74, 6) is 0.996. The van der Waals surface area contributed by atoms with Gasteiger partial charge in [-0.05, 0) is 65.0 Å². The summed E-state index contributed by atoms with van der Waals surface area (Å²) >= 11 is 7.76. The fraction of sp³-hybridized carbons (Fsp3) is 0.167. The van der Waals surface area contributed by atoms with Crippen LogP contribution in [0.1, 0.15) is 29.2 Å². The molecule has 6 rings (SSSR count). The number of ether oxygens (including phenoxy) is 1. The first-order valence-electron chi connectivity index (χ1n) is 10.2. The van der Waals surface area contributed by atoms with Crippen LogP contribution >= 0.6 is 22.9 Å². The highest BCUT2D eigenvalue weighted by atomic mass is 35.5. The van der Waals surface area contributed by atoms with E-state index in [1.807, 2.05) is 28.9 Å². The van der Waals surface area contributed by atoms with Gasteiger partial charge in [0.25, 0.3) is 0 Å². The molecule has 0 bridgehead atoms. The number of rotatable bonds is 4. The molecule has 0 aliphatic carbocycles. The SMILES string of the molecule is Clc1ccc(-n2cc(C3CC(c4ccc5c(c4)CCO5)=NN3)c(-c3cccs3)n2)cc1. The zero-order valence-electron chi connectivity index (χ0n) is 16.6. The summed E-state index contributed by atoms with van der Waals surface area (Å²) in [5, 5.41) is 12.4. The molecular weight excluding hydrogens is 428 g/mol. The van der Waals surface area contributed by atoms with Crippen molar-refractivity contribution in [3.8, 4) is 22.0 Å². The molecule has 0 saturated heterocycles. The zero-order chi connectivity index (χ0) is 20.8. The van der Waals surface area contributed by atoms with Crippen molar-refractivity contribution in [3.05, 3.63) is 87.9 Å². The van der Waals surface area contributed by atoms with E-state index >= 15 is 0 Å². The Kier molecular flexibility index (Phi) is 4.55. The van der Waals surface area contributed by atoms with Crippen molar-refractivity contribution >= 4 is 28.6 Å². The van der Waals surface area contributed by atoms with Gasteiger partial charge in [0, 0.05) is 29.6 Å². The quantitative estimate of drug-likeness (QED) is 0.442. The number of nitrogens with zero attached hydrogens (tertiary/aromatic N) is 3. The molecular formula is C24H19ClN4OS. The van der Waals surface area contributed by atoms with Crippen molar-refractivity contribution in [1.82, 2.24) is 15.2 Å². The Morgan fingerprint density at radius 2 is 2.03 bits per heavy atom. The van der Waals surface area contributed by atoms with E-state index in [2.05, 4.69) is 52.4 Å². The van der Waals surface area contributed by atoms with Gasteiger partial charge in [-0.2, -0.15) is 10.2 Å². The van der Waals surface area contributed by atoms with E-state index in [4.69, 9.17) is 21.4 Å².